The van der Waals surface area contributed by atoms with E-state index < -0.39 is 0 Å². The number of pyridine rings is 1. The highest BCUT2D eigenvalue weighted by Gasteiger charge is 2.26. The van der Waals surface area contributed by atoms with E-state index in [1.807, 2.05) is 42.2 Å². The van der Waals surface area contributed by atoms with E-state index in [1.165, 1.54) is 11.1 Å². The van der Waals surface area contributed by atoms with E-state index in [4.69, 9.17) is 14.6 Å². The van der Waals surface area contributed by atoms with Crippen molar-refractivity contribution < 1.29 is 14.3 Å². The van der Waals surface area contributed by atoms with E-state index in [0.29, 0.717) is 18.3 Å². The topological polar surface area (TPSA) is 78.3 Å². The number of carbonyl (C=O) groups is 1. The largest absolute Gasteiger partial charge is 0.454 e. The molecule has 3 heterocycles. The average Bonchev–Trinajstić information content (AvgIpc) is 3.37. The highest BCUT2D eigenvalue weighted by molar-refractivity contribution is 5.79. The average molecular weight is 406 g/mol. The van der Waals surface area contributed by atoms with Crippen LogP contribution < -0.4 is 14.8 Å². The quantitative estimate of drug-likeness (QED) is 0.703. The molecule has 1 fully saturated rings. The number of nitrogens with one attached hydrogen (secondary N) is 1. The molecule has 0 bridgehead atoms. The molecule has 0 unspecified atom stereocenters. The summed E-state index contributed by atoms with van der Waals surface area (Å²) < 4.78 is 12.6. The maximum atomic E-state index is 12.4. The van der Waals surface area contributed by atoms with Crippen molar-refractivity contribution >= 4 is 16.9 Å². The molecule has 5 rings (SSSR count). The molecule has 0 spiro atoms. The van der Waals surface area contributed by atoms with Gasteiger partial charge in [0.15, 0.2) is 17.1 Å². The van der Waals surface area contributed by atoms with Gasteiger partial charge in [0.25, 0.3) is 0 Å². The van der Waals surface area contributed by atoms with Gasteiger partial charge in [-0.15, -0.1) is 0 Å². The number of hydrogen-bond acceptors (Lipinski definition) is 5. The van der Waals surface area contributed by atoms with E-state index in [0.717, 1.165) is 54.9 Å². The van der Waals surface area contributed by atoms with Crippen molar-refractivity contribution in [1.29, 1.82) is 0 Å². The van der Waals surface area contributed by atoms with Gasteiger partial charge in [0.2, 0.25) is 12.7 Å². The normalized spacial score (nSPS) is 20.4. The smallest absolute Gasteiger partial charge is 0.231 e. The van der Waals surface area contributed by atoms with Crippen LogP contribution in [0.25, 0.3) is 11.0 Å². The van der Waals surface area contributed by atoms with E-state index in [1.54, 1.807) is 0 Å². The lowest BCUT2D eigenvalue weighted by Gasteiger charge is -2.27. The Bertz CT molecular complexity index is 1070. The molecule has 1 saturated carbocycles. The number of rotatable bonds is 5. The number of amides is 1. The number of nitrogens with zero attached hydrogens (tertiary/aromatic N) is 3. The first-order chi connectivity index (χ1) is 14.7. The Morgan fingerprint density at radius 3 is 2.87 bits per heavy atom. The lowest BCUT2D eigenvalue weighted by atomic mass is 9.80. The Balaban J connectivity index is 1.12. The second-order valence-corrected chi connectivity index (χ2v) is 8.27. The number of aryl methyl sites for hydroxylation is 1. The van der Waals surface area contributed by atoms with Gasteiger partial charge in [0.05, 0.1) is 12.1 Å². The molecule has 1 aliphatic heterocycles. The molecule has 7 heteroatoms. The molecule has 0 atom stereocenters. The second-order valence-electron chi connectivity index (χ2n) is 8.27. The highest BCUT2D eigenvalue weighted by atomic mass is 16.7. The Kier molecular flexibility index (Phi) is 5.02. The van der Waals surface area contributed by atoms with Crippen molar-refractivity contribution in [3.63, 3.8) is 0 Å². The number of fused-ring (bicyclic) bond motifs is 2. The molecule has 3 aromatic rings. The number of carbonyl (C=O) groups excluding carboxylic acids is 1. The minimum absolute atomic E-state index is 0.0535. The fourth-order valence-electron chi connectivity index (χ4n) is 4.62. The molecule has 30 heavy (non-hydrogen) atoms. The maximum Gasteiger partial charge on any atom is 0.231 e. The van der Waals surface area contributed by atoms with E-state index in [9.17, 15) is 4.79 Å². The van der Waals surface area contributed by atoms with E-state index in [-0.39, 0.29) is 12.7 Å². The monoisotopic (exact) mass is 406 g/mol. The summed E-state index contributed by atoms with van der Waals surface area (Å²) in [6.45, 7) is 0.985. The van der Waals surface area contributed by atoms with Crippen LogP contribution in [0.3, 0.4) is 0 Å². The predicted molar refractivity (Wildman–Crippen MR) is 112 cm³/mol. The SMILES string of the molecule is Cn1nc(C2CCC(CNC(=O)Cc3ccc4c(c3)OCO4)CC2)c2cccnc21. The summed E-state index contributed by atoms with van der Waals surface area (Å²) in [4.78, 5) is 16.8. The van der Waals surface area contributed by atoms with Crippen molar-refractivity contribution in [3.8, 4) is 11.5 Å². The third-order valence-corrected chi connectivity index (χ3v) is 6.25. The third-order valence-electron chi connectivity index (χ3n) is 6.25. The van der Waals surface area contributed by atoms with Gasteiger partial charge in [-0.05, 0) is 61.4 Å². The predicted octanol–water partition coefficient (Wildman–Crippen LogP) is 3.33. The Morgan fingerprint density at radius 2 is 2.00 bits per heavy atom. The van der Waals surface area contributed by atoms with Crippen LogP contribution in [0.15, 0.2) is 36.5 Å². The summed E-state index contributed by atoms with van der Waals surface area (Å²) in [6, 6.07) is 9.77. The van der Waals surface area contributed by atoms with Crippen molar-refractivity contribution in [2.24, 2.45) is 13.0 Å². The Hall–Kier alpha value is -3.09. The van der Waals surface area contributed by atoms with Crippen molar-refractivity contribution in [1.82, 2.24) is 20.1 Å². The molecule has 156 valence electrons. The van der Waals surface area contributed by atoms with Crippen LogP contribution in [-0.2, 0) is 18.3 Å². The van der Waals surface area contributed by atoms with Gasteiger partial charge in [-0.25, -0.2) is 4.98 Å². The molecule has 1 N–H and O–H groups in total. The molecule has 1 aliphatic carbocycles. The summed E-state index contributed by atoms with van der Waals surface area (Å²) in [5, 5.41) is 9.03. The fourth-order valence-corrected chi connectivity index (χ4v) is 4.62. The van der Waals surface area contributed by atoms with Crippen LogP contribution in [0.1, 0.15) is 42.9 Å². The van der Waals surface area contributed by atoms with Gasteiger partial charge in [-0.2, -0.15) is 5.10 Å². The van der Waals surface area contributed by atoms with Crippen LogP contribution in [-0.4, -0.2) is 34.0 Å². The number of benzene rings is 1. The first kappa shape index (κ1) is 18.9. The summed E-state index contributed by atoms with van der Waals surface area (Å²) >= 11 is 0. The third kappa shape index (κ3) is 3.72. The molecule has 7 nitrogen and oxygen atoms in total. The molecule has 0 saturated heterocycles. The summed E-state index contributed by atoms with van der Waals surface area (Å²) in [5.41, 5.74) is 3.06. The van der Waals surface area contributed by atoms with Crippen LogP contribution in [0.2, 0.25) is 0 Å². The molecule has 1 aromatic carbocycles. The number of aromatic nitrogens is 3. The lowest BCUT2D eigenvalue weighted by Crippen LogP contribution is -2.32. The first-order valence-electron chi connectivity index (χ1n) is 10.6. The molecule has 2 aliphatic rings. The van der Waals surface area contributed by atoms with Crippen LogP contribution >= 0.6 is 0 Å². The number of hydrogen-bond donors (Lipinski definition) is 1. The van der Waals surface area contributed by atoms with Gasteiger partial charge in [0, 0.05) is 31.1 Å². The minimum atomic E-state index is 0.0535. The van der Waals surface area contributed by atoms with Gasteiger partial charge in [0.1, 0.15) is 0 Å². The summed E-state index contributed by atoms with van der Waals surface area (Å²) in [5.74, 6) is 2.51. The van der Waals surface area contributed by atoms with Crippen molar-refractivity contribution in [2.75, 3.05) is 13.3 Å². The van der Waals surface area contributed by atoms with E-state index >= 15 is 0 Å². The standard InChI is InChI=1S/C23H26N4O3/c1-27-23-18(3-2-10-24-23)22(26-27)17-7-4-15(5-8-17)13-25-21(28)12-16-6-9-19-20(11-16)30-14-29-19/h2-3,6,9-11,15,17H,4-5,7-8,12-14H2,1H3,(H,25,28). The molecule has 2 aromatic heterocycles. The first-order valence-corrected chi connectivity index (χ1v) is 10.6. The zero-order chi connectivity index (χ0) is 20.5. The van der Waals surface area contributed by atoms with Crippen molar-refractivity contribution in [3.05, 3.63) is 47.8 Å². The maximum absolute atomic E-state index is 12.4. The highest BCUT2D eigenvalue weighted by Crippen LogP contribution is 2.37. The van der Waals surface area contributed by atoms with Crippen LogP contribution in [0, 0.1) is 5.92 Å². The summed E-state index contributed by atoms with van der Waals surface area (Å²) in [6.07, 6.45) is 6.59. The number of ether oxygens (including phenoxy) is 2. The van der Waals surface area contributed by atoms with Gasteiger partial charge >= 0.3 is 0 Å². The fraction of sp³-hybridized carbons (Fsp3) is 0.435. The van der Waals surface area contributed by atoms with E-state index in [2.05, 4.69) is 16.4 Å². The summed E-state index contributed by atoms with van der Waals surface area (Å²) in [7, 11) is 1.96. The van der Waals surface area contributed by atoms with Gasteiger partial charge in [-0.3, -0.25) is 9.48 Å². The van der Waals surface area contributed by atoms with Crippen LogP contribution in [0.4, 0.5) is 0 Å². The molecular weight excluding hydrogens is 380 g/mol. The molecular formula is C23H26N4O3. The molecule has 0 radical (unpaired) electrons. The zero-order valence-electron chi connectivity index (χ0n) is 17.1. The van der Waals surface area contributed by atoms with Gasteiger partial charge < -0.3 is 14.8 Å². The molecule has 1 amide bonds. The Labute approximate surface area is 175 Å². The lowest BCUT2D eigenvalue weighted by molar-refractivity contribution is -0.120. The Morgan fingerprint density at radius 1 is 1.17 bits per heavy atom. The van der Waals surface area contributed by atoms with Crippen molar-refractivity contribution in [2.45, 2.75) is 38.0 Å². The second kappa shape index (κ2) is 7.97. The van der Waals surface area contributed by atoms with Gasteiger partial charge in [-0.1, -0.05) is 6.07 Å². The van der Waals surface area contributed by atoms with Crippen LogP contribution in [0.5, 0.6) is 11.5 Å². The minimum Gasteiger partial charge on any atom is -0.454 e. The zero-order valence-corrected chi connectivity index (χ0v) is 17.1.